The first-order chi connectivity index (χ1) is 70.6. The summed E-state index contributed by atoms with van der Waals surface area (Å²) in [6, 6.07) is 0. The minimum atomic E-state index is -5.37. The normalized spacial score (nSPS) is 28.9. The lowest BCUT2D eigenvalue weighted by molar-refractivity contribution is -0.223. The Morgan fingerprint density at radius 1 is 0.405 bits per heavy atom. The molecule has 14 N–H and O–H groups in total. The van der Waals surface area contributed by atoms with Gasteiger partial charge >= 0.3 is 11.4 Å². The molecular formula is C76H103N25O37P5S5-5. The molecule has 6 aliphatic heterocycles. The van der Waals surface area contributed by atoms with Crippen molar-refractivity contribution in [3.8, 4) is 0 Å². The number of aromatic nitrogens is 20. The maximum atomic E-state index is 15.8. The number of imidazole rings is 4. The smallest absolute Gasteiger partial charge is 0.351 e. The van der Waals surface area contributed by atoms with Crippen LogP contribution in [0.5, 0.6) is 0 Å². The van der Waals surface area contributed by atoms with Gasteiger partial charge < -0.3 is 187 Å². The van der Waals surface area contributed by atoms with Crippen LogP contribution in [-0.4, -0.2) is 341 Å². The molecule has 0 aromatic carbocycles. The van der Waals surface area contributed by atoms with Crippen LogP contribution in [-0.2, 0) is 185 Å². The maximum absolute atomic E-state index is 15.8. The highest BCUT2D eigenvalue weighted by Crippen LogP contribution is 2.57. The molecule has 0 aliphatic carbocycles. The molecule has 148 heavy (non-hydrogen) atoms. The van der Waals surface area contributed by atoms with E-state index in [0.717, 1.165) is 34.3 Å². The highest BCUT2D eigenvalue weighted by molar-refractivity contribution is 8.32. The third-order valence-corrected chi connectivity index (χ3v) is 31.7. The van der Waals surface area contributed by atoms with Crippen molar-refractivity contribution in [1.82, 2.24) is 97.2 Å². The van der Waals surface area contributed by atoms with Crippen LogP contribution >= 0.6 is 33.7 Å². The molecular weight excluding hydrogens is 2170 g/mol. The van der Waals surface area contributed by atoms with Crippen LogP contribution in [0.15, 0.2) is 74.3 Å². The number of aliphatic hydroxyl groups is 1. The Labute approximate surface area is 861 Å². The number of ether oxygens (including phenoxy) is 16. The molecule has 0 spiro atoms. The first-order valence-electron chi connectivity index (χ1n) is 45.0. The number of hydrogen-bond donors (Lipinski definition) is 9. The van der Waals surface area contributed by atoms with Gasteiger partial charge in [-0.15, -0.1) is 0 Å². The van der Waals surface area contributed by atoms with Crippen molar-refractivity contribution in [2.24, 2.45) is 0 Å². The summed E-state index contributed by atoms with van der Waals surface area (Å²) in [6.45, 7) is -27.7. The molecule has 814 valence electrons. The second kappa shape index (κ2) is 48.5. The number of H-pyrrole nitrogens is 3. The van der Waals surface area contributed by atoms with Gasteiger partial charge in [0, 0.05) is 65.5 Å². The molecule has 16 heterocycles. The van der Waals surface area contributed by atoms with Gasteiger partial charge in [0.05, 0.1) is 137 Å². The number of anilines is 5. The number of nitrogens with one attached hydrogen (secondary N) is 3. The number of nitrogens with two attached hydrogens (primary N) is 5. The van der Waals surface area contributed by atoms with Crippen molar-refractivity contribution in [2.45, 2.75) is 175 Å². The zero-order chi connectivity index (χ0) is 106. The quantitative estimate of drug-likeness (QED) is 0.00996. The van der Waals surface area contributed by atoms with Gasteiger partial charge in [0.25, 0.3) is 16.7 Å². The number of hydrogen-bond acceptors (Lipinski definition) is 58. The summed E-state index contributed by atoms with van der Waals surface area (Å²) in [5.74, 6) is -0.813. The Morgan fingerprint density at radius 3 is 1.20 bits per heavy atom. The van der Waals surface area contributed by atoms with Crippen LogP contribution < -0.4 is 76.3 Å². The summed E-state index contributed by atoms with van der Waals surface area (Å²) in [7, 11) is 6.78. The monoisotopic (exact) mass is 2270 g/mol. The average molecular weight is 2270 g/mol. The first kappa shape index (κ1) is 113. The molecule has 0 amide bonds. The Hall–Kier alpha value is -7.70. The number of methoxy groups -OCH3 is 5. The molecule has 10 aromatic heterocycles. The minimum Gasteiger partial charge on any atom is -0.780 e. The van der Waals surface area contributed by atoms with Crippen LogP contribution in [0.25, 0.3) is 44.7 Å². The van der Waals surface area contributed by atoms with Crippen LogP contribution in [0.1, 0.15) is 68.3 Å². The fourth-order valence-corrected chi connectivity index (χ4v) is 24.3. The molecule has 16 rings (SSSR count). The molecule has 0 saturated carbocycles. The van der Waals surface area contributed by atoms with E-state index < -0.39 is 242 Å². The highest BCUT2D eigenvalue weighted by Gasteiger charge is 2.57. The molecule has 10 aromatic rings. The van der Waals surface area contributed by atoms with Crippen molar-refractivity contribution >= 4 is 167 Å². The Bertz CT molecular complexity index is 6920. The lowest BCUT2D eigenvalue weighted by Crippen LogP contribution is -2.42. The zero-order valence-corrected chi connectivity index (χ0v) is 87.9. The third-order valence-electron chi connectivity index (χ3n) is 24.0. The number of aliphatic hydroxyl groups excluding tert-OH is 1. The number of nitrogens with zero attached hydrogens (tertiary/aromatic N) is 17. The zero-order valence-electron chi connectivity index (χ0n) is 79.3. The van der Waals surface area contributed by atoms with Crippen molar-refractivity contribution in [3.05, 3.63) is 114 Å². The largest absolute Gasteiger partial charge is 0.780 e. The summed E-state index contributed by atoms with van der Waals surface area (Å²) in [5.41, 5.74) is 26.2. The Kier molecular flexibility index (Phi) is 37.0. The van der Waals surface area contributed by atoms with E-state index in [2.05, 4.69) is 69.8 Å². The van der Waals surface area contributed by atoms with E-state index in [-0.39, 0.29) is 135 Å². The maximum Gasteiger partial charge on any atom is 0.351 e. The number of rotatable bonds is 52. The molecule has 72 heteroatoms. The van der Waals surface area contributed by atoms with Crippen LogP contribution in [0.2, 0.25) is 0 Å². The van der Waals surface area contributed by atoms with Crippen LogP contribution in [0.3, 0.4) is 0 Å². The van der Waals surface area contributed by atoms with E-state index in [9.17, 15) is 34.0 Å². The summed E-state index contributed by atoms with van der Waals surface area (Å²) < 4.78 is 182. The van der Waals surface area contributed by atoms with E-state index in [0.29, 0.717) is 23.1 Å². The standard InChI is InChI=1S/C76H108N25O37P5S5/c1-9-36-37(20-43(128-36)98-30-86-44-59(78)82-28-84-61(44)98)134-139(108,144)124-24-40-50(55(120-17-12-115-6)70(131-40)99-31-87-45-60(79)83-29-85-62(45)99)137-143(112,148)127-27-42-52(57(122-19-14-117-8)72(133-42)101-33-89-47-64(101)92-74(81)94-67(47)105)138-142(111,147)125-25-39-49(54(119-16-11-114-5)69(130-39)97-22-35(3)65(103)95-76(97)107)135-141(110,146)126-26-41-51(56(121-18-13-116-7)71(132-41)100-32-88-46-63(100)91-73(80)93-66(46)104)136-140(109,145)123-23-38-48(102)53(118-15-10-113-4)68(129-38)96-21-34(2)58(77)90-75(96)106/h21-22,28-33,36-43,48-57,68-72,102H,9-20,23-27H2,1-8H3,(H,108,144)(H,109,145)(H,110,146)(H,111,147)(H,112,148)(H2,77,90,106)(H2,78,82,84)(H2,79,83,85)(H,95,103,107)(H3,80,91,93,104)(H3,81,92,94,105)/p-5/t36-,37-,38-,39-,40-,41-,42-,43-,48+,49+,50+,51+,52+,53?,54?,55?,56?,57?,68-,69-,70-,71-,72-,139?,140?,141?,142?,143?/m1/s1. The highest BCUT2D eigenvalue weighted by atomic mass is 32.7. The lowest BCUT2D eigenvalue weighted by atomic mass is 10.1. The fraction of sp³-hybridized carbons (Fsp3) is 0.632. The van der Waals surface area contributed by atoms with Crippen molar-refractivity contribution in [2.75, 3.05) is 163 Å². The van der Waals surface area contributed by atoms with Gasteiger partial charge in [-0.25, -0.2) is 49.5 Å². The van der Waals surface area contributed by atoms with E-state index in [1.807, 2.05) is 0 Å². The molecule has 0 bridgehead atoms. The van der Waals surface area contributed by atoms with Gasteiger partial charge in [0.1, 0.15) is 154 Å². The first-order valence-corrected chi connectivity index (χ1v) is 57.7. The number of aryl methyl sites for hydroxylation is 2. The van der Waals surface area contributed by atoms with Crippen molar-refractivity contribution < 1.29 is 150 Å². The van der Waals surface area contributed by atoms with Crippen molar-refractivity contribution in [1.29, 1.82) is 0 Å². The molecule has 28 atom stereocenters. The van der Waals surface area contributed by atoms with E-state index in [1.165, 1.54) is 81.4 Å². The SMILES string of the molecule is CC[C@H]1O[C@@H](n2cnc3c(N)ncnc32)C[C@H]1OP([O-])(=S)OC[C@H]1O[C@@H](n2cnc3c(N)ncnc32)C(OCCOC)[C@H]1OP([O-])(=S)OC[C@H]1O[C@@H](n2cnc3c(=O)[nH]c(N)nc32)C(OCCOC)[C@H]1OP(=O)([S-])OC[C@H]1O[C@@H](n2cc(C)c(=O)[nH]c2=O)C(OCCOC)[C@H]1OP([O-])(=S)OC[C@H]1O[C@@H](n2cnc3c(=O)[nH]c(N)nc32)C(OCCOC)[C@H]1OP([O-])(=S)OC[C@H]1O[C@@H](n2cc(C)c(N)nc2=O)C(OCCOC)[C@H]1O. The van der Waals surface area contributed by atoms with Crippen LogP contribution in [0, 0.1) is 13.8 Å². The van der Waals surface area contributed by atoms with Crippen LogP contribution in [0.4, 0.5) is 29.4 Å². The molecule has 6 aliphatic rings. The second-order valence-electron chi connectivity index (χ2n) is 33.6. The summed E-state index contributed by atoms with van der Waals surface area (Å²) >= 11 is 28.5. The molecule has 0 radical (unpaired) electrons. The van der Waals surface area contributed by atoms with Gasteiger partial charge in [-0.05, 0) is 20.3 Å². The predicted molar refractivity (Wildman–Crippen MR) is 517 cm³/mol. The number of aromatic amines is 3. The van der Waals surface area contributed by atoms with Crippen molar-refractivity contribution in [3.63, 3.8) is 0 Å². The van der Waals surface area contributed by atoms with E-state index >= 15 is 19.2 Å². The summed E-state index contributed by atoms with van der Waals surface area (Å²) in [5, 5.41) is 11.8. The van der Waals surface area contributed by atoms with Gasteiger partial charge in [-0.3, -0.25) is 61.3 Å². The topological polar surface area (TPSA) is 804 Å². The minimum absolute atomic E-state index is 0.0246. The molecule has 6 saturated heterocycles. The summed E-state index contributed by atoms with van der Waals surface area (Å²) in [4.78, 5) is 182. The number of fused-ring (bicyclic) bond motifs is 4. The van der Waals surface area contributed by atoms with Gasteiger partial charge in [-0.1, -0.05) is 54.2 Å². The second-order valence-corrected chi connectivity index (χ2v) is 47.1. The van der Waals surface area contributed by atoms with Gasteiger partial charge in [0.2, 0.25) is 11.9 Å². The summed E-state index contributed by atoms with van der Waals surface area (Å²) in [6.07, 6.45) is -25.6. The Balaban J connectivity index is 0.693. The van der Waals surface area contributed by atoms with E-state index in [1.54, 1.807) is 18.4 Å². The van der Waals surface area contributed by atoms with Gasteiger partial charge in [-0.2, -0.15) is 15.0 Å². The average Bonchev–Trinajstić information content (AvgIpc) is 1.59. The predicted octanol–water partition coefficient (Wildman–Crippen LogP) is -4.03. The number of nitrogen functional groups attached to an aromatic ring is 5. The Morgan fingerprint density at radius 2 is 0.764 bits per heavy atom. The third kappa shape index (κ3) is 25.7. The van der Waals surface area contributed by atoms with Gasteiger partial charge in [0.15, 0.2) is 83.2 Å². The lowest BCUT2D eigenvalue weighted by Gasteiger charge is -2.37. The molecule has 62 nitrogen and oxygen atoms in total. The molecule has 10 unspecified atom stereocenters. The fourth-order valence-electron chi connectivity index (χ4n) is 17.1. The molecule has 6 fully saturated rings. The van der Waals surface area contributed by atoms with E-state index in [4.69, 9.17) is 209 Å².